The molecule has 1 amide bonds. The number of carbonyl (C=O) groups is 1. The second kappa shape index (κ2) is 5.59. The zero-order valence-electron chi connectivity index (χ0n) is 11.2. The lowest BCUT2D eigenvalue weighted by atomic mass is 10.00. The minimum Gasteiger partial charge on any atom is -0.328 e. The number of H-pyrrole nitrogens is 1. The van der Waals surface area contributed by atoms with E-state index in [1.807, 2.05) is 0 Å². The van der Waals surface area contributed by atoms with Crippen molar-refractivity contribution in [2.45, 2.75) is 25.3 Å². The summed E-state index contributed by atoms with van der Waals surface area (Å²) in [6, 6.07) is 2.99. The second-order valence-electron chi connectivity index (χ2n) is 5.01. The number of likely N-dealkylation sites (tertiary alicyclic amines) is 1. The van der Waals surface area contributed by atoms with Crippen LogP contribution in [0.4, 0.5) is 8.78 Å². The second-order valence-corrected chi connectivity index (χ2v) is 5.01. The maximum absolute atomic E-state index is 13.3. The number of aromatic amines is 1. The van der Waals surface area contributed by atoms with Crippen molar-refractivity contribution in [1.29, 1.82) is 0 Å². The molecule has 1 aromatic carbocycles. The number of halogens is 2. The Kier molecular flexibility index (Phi) is 3.64. The summed E-state index contributed by atoms with van der Waals surface area (Å²) in [5, 5.41) is 6.58. The standard InChI is InChI=1S/C14H14F2N4O/c15-10-5-4-9(7-11(10)16)14(21)20-6-2-1-3-12(20)13-17-8-18-19-13/h4-5,7-8,12H,1-3,6H2,(H,17,18,19)/t12-/m0/s1. The number of benzene rings is 1. The fourth-order valence-corrected chi connectivity index (χ4v) is 2.63. The number of rotatable bonds is 2. The molecule has 21 heavy (non-hydrogen) atoms. The van der Waals surface area contributed by atoms with Gasteiger partial charge in [0.1, 0.15) is 12.2 Å². The average Bonchev–Trinajstić information content (AvgIpc) is 3.03. The Balaban J connectivity index is 1.89. The van der Waals surface area contributed by atoms with E-state index in [-0.39, 0.29) is 17.5 Å². The lowest BCUT2D eigenvalue weighted by molar-refractivity contribution is 0.0600. The third kappa shape index (κ3) is 2.63. The van der Waals surface area contributed by atoms with E-state index < -0.39 is 11.6 Å². The molecule has 0 saturated carbocycles. The van der Waals surface area contributed by atoms with E-state index in [0.29, 0.717) is 12.4 Å². The first-order valence-corrected chi connectivity index (χ1v) is 6.78. The molecule has 7 heteroatoms. The Hall–Kier alpha value is -2.31. The molecule has 1 fully saturated rings. The number of piperidine rings is 1. The molecule has 1 aliphatic heterocycles. The van der Waals surface area contributed by atoms with Gasteiger partial charge in [-0.25, -0.2) is 13.8 Å². The molecule has 1 atom stereocenters. The Morgan fingerprint density at radius 3 is 2.86 bits per heavy atom. The van der Waals surface area contributed by atoms with E-state index >= 15 is 0 Å². The third-order valence-corrected chi connectivity index (χ3v) is 3.68. The van der Waals surface area contributed by atoms with E-state index in [1.54, 1.807) is 4.90 Å². The van der Waals surface area contributed by atoms with Crippen molar-refractivity contribution in [3.63, 3.8) is 0 Å². The van der Waals surface area contributed by atoms with E-state index in [9.17, 15) is 13.6 Å². The van der Waals surface area contributed by atoms with Crippen molar-refractivity contribution in [2.24, 2.45) is 0 Å². The van der Waals surface area contributed by atoms with E-state index in [2.05, 4.69) is 15.2 Å². The number of amides is 1. The molecule has 1 aliphatic rings. The summed E-state index contributed by atoms with van der Waals surface area (Å²) in [5.41, 5.74) is 0.139. The first-order chi connectivity index (χ1) is 10.2. The largest absolute Gasteiger partial charge is 0.328 e. The zero-order valence-corrected chi connectivity index (χ0v) is 11.2. The van der Waals surface area contributed by atoms with Crippen LogP contribution in [0.3, 0.4) is 0 Å². The third-order valence-electron chi connectivity index (χ3n) is 3.68. The minimum absolute atomic E-state index is 0.139. The quantitative estimate of drug-likeness (QED) is 0.924. The van der Waals surface area contributed by atoms with Crippen molar-refractivity contribution in [3.05, 3.63) is 47.5 Å². The van der Waals surface area contributed by atoms with Crippen LogP contribution in [0.1, 0.15) is 41.5 Å². The lowest BCUT2D eigenvalue weighted by Gasteiger charge is -2.34. The average molecular weight is 292 g/mol. The Bertz CT molecular complexity index is 644. The van der Waals surface area contributed by atoms with Crippen LogP contribution in [-0.4, -0.2) is 32.5 Å². The highest BCUT2D eigenvalue weighted by molar-refractivity contribution is 5.94. The van der Waals surface area contributed by atoms with Gasteiger partial charge >= 0.3 is 0 Å². The van der Waals surface area contributed by atoms with Crippen LogP contribution in [0.25, 0.3) is 0 Å². The van der Waals surface area contributed by atoms with Crippen LogP contribution in [0.5, 0.6) is 0 Å². The van der Waals surface area contributed by atoms with Gasteiger partial charge in [-0.3, -0.25) is 9.89 Å². The minimum atomic E-state index is -1.02. The van der Waals surface area contributed by atoms with Crippen LogP contribution >= 0.6 is 0 Å². The maximum Gasteiger partial charge on any atom is 0.254 e. The van der Waals surface area contributed by atoms with Crippen molar-refractivity contribution in [2.75, 3.05) is 6.54 Å². The molecule has 0 radical (unpaired) electrons. The first kappa shape index (κ1) is 13.7. The zero-order chi connectivity index (χ0) is 14.8. The summed E-state index contributed by atoms with van der Waals surface area (Å²) in [4.78, 5) is 18.3. The van der Waals surface area contributed by atoms with Gasteiger partial charge in [-0.05, 0) is 37.5 Å². The van der Waals surface area contributed by atoms with Gasteiger partial charge in [0.25, 0.3) is 5.91 Å². The van der Waals surface area contributed by atoms with Crippen molar-refractivity contribution >= 4 is 5.91 Å². The topological polar surface area (TPSA) is 61.9 Å². The van der Waals surface area contributed by atoms with E-state index in [4.69, 9.17) is 0 Å². The number of hydrogen-bond donors (Lipinski definition) is 1. The number of hydrogen-bond acceptors (Lipinski definition) is 3. The van der Waals surface area contributed by atoms with Crippen molar-refractivity contribution in [3.8, 4) is 0 Å². The highest BCUT2D eigenvalue weighted by Crippen LogP contribution is 2.30. The normalized spacial score (nSPS) is 18.8. The SMILES string of the molecule is O=C(c1ccc(F)c(F)c1)N1CCCC[C@H]1c1ncn[nH]1. The van der Waals surface area contributed by atoms with Crippen molar-refractivity contribution < 1.29 is 13.6 Å². The maximum atomic E-state index is 13.3. The molecule has 1 N–H and O–H groups in total. The Morgan fingerprint density at radius 1 is 1.29 bits per heavy atom. The molecule has 3 rings (SSSR count). The fraction of sp³-hybridized carbons (Fsp3) is 0.357. The molecule has 0 aliphatic carbocycles. The molecule has 1 saturated heterocycles. The smallest absolute Gasteiger partial charge is 0.254 e. The van der Waals surface area contributed by atoms with Gasteiger partial charge in [0.2, 0.25) is 0 Å². The Morgan fingerprint density at radius 2 is 2.14 bits per heavy atom. The predicted molar refractivity (Wildman–Crippen MR) is 70.4 cm³/mol. The lowest BCUT2D eigenvalue weighted by Crippen LogP contribution is -2.39. The number of aromatic nitrogens is 3. The summed E-state index contributed by atoms with van der Waals surface area (Å²) >= 11 is 0. The summed E-state index contributed by atoms with van der Waals surface area (Å²) < 4.78 is 26.3. The number of carbonyl (C=O) groups excluding carboxylic acids is 1. The first-order valence-electron chi connectivity index (χ1n) is 6.78. The van der Waals surface area contributed by atoms with Gasteiger partial charge in [-0.1, -0.05) is 0 Å². The number of nitrogens with zero attached hydrogens (tertiary/aromatic N) is 3. The summed E-state index contributed by atoms with van der Waals surface area (Å²) in [7, 11) is 0. The van der Waals surface area contributed by atoms with Gasteiger partial charge in [0, 0.05) is 12.1 Å². The van der Waals surface area contributed by atoms with Crippen LogP contribution in [-0.2, 0) is 0 Å². The van der Waals surface area contributed by atoms with Gasteiger partial charge in [-0.2, -0.15) is 5.10 Å². The molecule has 0 bridgehead atoms. The van der Waals surface area contributed by atoms with E-state index in [1.165, 1.54) is 12.4 Å². The molecule has 0 unspecified atom stereocenters. The number of nitrogens with one attached hydrogen (secondary N) is 1. The monoisotopic (exact) mass is 292 g/mol. The van der Waals surface area contributed by atoms with Gasteiger partial charge in [0.05, 0.1) is 6.04 Å². The van der Waals surface area contributed by atoms with Crippen LogP contribution in [0, 0.1) is 11.6 Å². The molecule has 2 aromatic rings. The molecule has 5 nitrogen and oxygen atoms in total. The molecule has 1 aromatic heterocycles. The van der Waals surface area contributed by atoms with Gasteiger partial charge in [0.15, 0.2) is 11.6 Å². The Labute approximate surface area is 120 Å². The summed E-state index contributed by atoms with van der Waals surface area (Å²) in [5.74, 6) is -1.69. The molecular formula is C14H14F2N4O. The predicted octanol–water partition coefficient (Wildman–Crippen LogP) is 2.45. The van der Waals surface area contributed by atoms with Gasteiger partial charge in [-0.15, -0.1) is 0 Å². The van der Waals surface area contributed by atoms with Crippen LogP contribution in [0.2, 0.25) is 0 Å². The fourth-order valence-electron chi connectivity index (χ4n) is 2.63. The highest BCUT2D eigenvalue weighted by Gasteiger charge is 2.30. The summed E-state index contributed by atoms with van der Waals surface area (Å²) in [6.45, 7) is 0.559. The molecule has 2 heterocycles. The van der Waals surface area contributed by atoms with Crippen LogP contribution < -0.4 is 0 Å². The summed E-state index contributed by atoms with van der Waals surface area (Å²) in [6.07, 6.45) is 4.02. The van der Waals surface area contributed by atoms with Crippen LogP contribution in [0.15, 0.2) is 24.5 Å². The molecular weight excluding hydrogens is 278 g/mol. The molecule has 0 spiro atoms. The van der Waals surface area contributed by atoms with Gasteiger partial charge < -0.3 is 4.90 Å². The van der Waals surface area contributed by atoms with E-state index in [0.717, 1.165) is 31.4 Å². The highest BCUT2D eigenvalue weighted by atomic mass is 19.2. The molecule has 110 valence electrons. The van der Waals surface area contributed by atoms with Crippen molar-refractivity contribution in [1.82, 2.24) is 20.1 Å².